The third-order valence-corrected chi connectivity index (χ3v) is 2.67. The minimum Gasteiger partial charge on any atom is -0.336 e. The van der Waals surface area contributed by atoms with E-state index in [1.807, 2.05) is 30.3 Å². The number of nitrogens with zero attached hydrogens (tertiary/aromatic N) is 3. The van der Waals surface area contributed by atoms with E-state index in [1.54, 1.807) is 11.9 Å². The second kappa shape index (κ2) is 4.85. The zero-order valence-corrected chi connectivity index (χ0v) is 9.65. The minimum absolute atomic E-state index is 0.0994. The molecule has 0 bridgehead atoms. The summed E-state index contributed by atoms with van der Waals surface area (Å²) in [5.74, 6) is -0.0994. The Bertz CT molecular complexity index is 455. The standard InChI is InChI=1S/C11H11N3OS/c1-14(8-9-5-3-2-4-6-9)11(15)10-7-12-16-13-10/h2-7H,8H2,1H3. The maximum atomic E-state index is 11.8. The summed E-state index contributed by atoms with van der Waals surface area (Å²) >= 11 is 1.04. The van der Waals surface area contributed by atoms with Crippen LogP contribution in [-0.4, -0.2) is 26.6 Å². The molecule has 16 heavy (non-hydrogen) atoms. The fourth-order valence-electron chi connectivity index (χ4n) is 1.38. The molecule has 1 amide bonds. The molecule has 0 aliphatic heterocycles. The lowest BCUT2D eigenvalue weighted by Crippen LogP contribution is -2.26. The summed E-state index contributed by atoms with van der Waals surface area (Å²) in [6.07, 6.45) is 1.49. The van der Waals surface area contributed by atoms with E-state index in [0.29, 0.717) is 12.2 Å². The predicted octanol–water partition coefficient (Wildman–Crippen LogP) is 1.81. The highest BCUT2D eigenvalue weighted by atomic mass is 32.1. The summed E-state index contributed by atoms with van der Waals surface area (Å²) in [5.41, 5.74) is 1.50. The van der Waals surface area contributed by atoms with Crippen LogP contribution in [0.25, 0.3) is 0 Å². The van der Waals surface area contributed by atoms with Crippen LogP contribution in [0.3, 0.4) is 0 Å². The number of hydrogen-bond acceptors (Lipinski definition) is 4. The van der Waals surface area contributed by atoms with Gasteiger partial charge in [-0.1, -0.05) is 30.3 Å². The molecule has 0 unspecified atom stereocenters. The zero-order chi connectivity index (χ0) is 11.4. The van der Waals surface area contributed by atoms with E-state index in [1.165, 1.54) is 6.20 Å². The Labute approximate surface area is 97.9 Å². The molecule has 0 radical (unpaired) electrons. The van der Waals surface area contributed by atoms with Gasteiger partial charge < -0.3 is 4.90 Å². The van der Waals surface area contributed by atoms with Crippen molar-refractivity contribution in [2.75, 3.05) is 7.05 Å². The van der Waals surface area contributed by atoms with E-state index < -0.39 is 0 Å². The maximum absolute atomic E-state index is 11.8. The molecule has 0 aliphatic carbocycles. The number of aromatic nitrogens is 2. The van der Waals surface area contributed by atoms with Crippen LogP contribution in [0.4, 0.5) is 0 Å². The van der Waals surface area contributed by atoms with Gasteiger partial charge in [-0.25, -0.2) is 0 Å². The predicted molar refractivity (Wildman–Crippen MR) is 62.1 cm³/mol. The summed E-state index contributed by atoms with van der Waals surface area (Å²) < 4.78 is 7.73. The van der Waals surface area contributed by atoms with Crippen molar-refractivity contribution in [2.24, 2.45) is 0 Å². The average Bonchev–Trinajstić information content (AvgIpc) is 2.83. The Hall–Kier alpha value is -1.75. The first kappa shape index (κ1) is 10.8. The van der Waals surface area contributed by atoms with Crippen molar-refractivity contribution in [1.29, 1.82) is 0 Å². The Morgan fingerprint density at radius 2 is 2.12 bits per heavy atom. The fraction of sp³-hybridized carbons (Fsp3) is 0.182. The molecule has 1 aromatic heterocycles. The van der Waals surface area contributed by atoms with Crippen LogP contribution in [0.2, 0.25) is 0 Å². The number of carbonyl (C=O) groups excluding carboxylic acids is 1. The SMILES string of the molecule is CN(Cc1ccccc1)C(=O)c1cnsn1. The molecule has 0 atom stereocenters. The van der Waals surface area contributed by atoms with Gasteiger partial charge in [0.1, 0.15) is 0 Å². The smallest absolute Gasteiger partial charge is 0.275 e. The summed E-state index contributed by atoms with van der Waals surface area (Å²) in [4.78, 5) is 13.5. The third kappa shape index (κ3) is 2.43. The van der Waals surface area contributed by atoms with Crippen LogP contribution in [0.5, 0.6) is 0 Å². The topological polar surface area (TPSA) is 46.1 Å². The van der Waals surface area contributed by atoms with E-state index in [2.05, 4.69) is 8.75 Å². The average molecular weight is 233 g/mol. The molecular formula is C11H11N3OS. The van der Waals surface area contributed by atoms with Gasteiger partial charge in [-0.2, -0.15) is 8.75 Å². The van der Waals surface area contributed by atoms with Gasteiger partial charge in [0.15, 0.2) is 5.69 Å². The van der Waals surface area contributed by atoms with E-state index in [4.69, 9.17) is 0 Å². The number of carbonyl (C=O) groups is 1. The Kier molecular flexibility index (Phi) is 3.26. The molecule has 1 heterocycles. The van der Waals surface area contributed by atoms with Gasteiger partial charge in [-0.15, -0.1) is 0 Å². The van der Waals surface area contributed by atoms with Crippen molar-refractivity contribution >= 4 is 17.6 Å². The Morgan fingerprint density at radius 1 is 1.38 bits per heavy atom. The molecular weight excluding hydrogens is 222 g/mol. The van der Waals surface area contributed by atoms with Crippen LogP contribution in [0.15, 0.2) is 36.5 Å². The molecule has 2 rings (SSSR count). The highest BCUT2D eigenvalue weighted by molar-refractivity contribution is 6.99. The molecule has 0 N–H and O–H groups in total. The van der Waals surface area contributed by atoms with Crippen molar-refractivity contribution in [3.8, 4) is 0 Å². The Morgan fingerprint density at radius 3 is 2.75 bits per heavy atom. The monoisotopic (exact) mass is 233 g/mol. The lowest BCUT2D eigenvalue weighted by Gasteiger charge is -2.15. The molecule has 1 aromatic carbocycles. The molecule has 0 aliphatic rings. The molecule has 0 saturated carbocycles. The van der Waals surface area contributed by atoms with Crippen LogP contribution in [0.1, 0.15) is 16.1 Å². The van der Waals surface area contributed by atoms with Crippen LogP contribution in [0, 0.1) is 0 Å². The lowest BCUT2D eigenvalue weighted by molar-refractivity contribution is 0.0780. The van der Waals surface area contributed by atoms with E-state index in [0.717, 1.165) is 17.3 Å². The summed E-state index contributed by atoms with van der Waals surface area (Å²) in [6.45, 7) is 0.581. The van der Waals surface area contributed by atoms with Gasteiger partial charge in [-0.3, -0.25) is 4.79 Å². The van der Waals surface area contributed by atoms with Gasteiger partial charge in [0.05, 0.1) is 17.9 Å². The van der Waals surface area contributed by atoms with Crippen LogP contribution < -0.4 is 0 Å². The van der Waals surface area contributed by atoms with Gasteiger partial charge in [0.25, 0.3) is 5.91 Å². The first-order chi connectivity index (χ1) is 7.77. The van der Waals surface area contributed by atoms with Crippen molar-refractivity contribution < 1.29 is 4.79 Å². The molecule has 0 fully saturated rings. The molecule has 2 aromatic rings. The second-order valence-electron chi connectivity index (χ2n) is 3.44. The first-order valence-corrected chi connectivity index (χ1v) is 5.57. The van der Waals surface area contributed by atoms with Crippen molar-refractivity contribution in [2.45, 2.75) is 6.54 Å². The number of benzene rings is 1. The van der Waals surface area contributed by atoms with E-state index in [-0.39, 0.29) is 5.91 Å². The third-order valence-electron chi connectivity index (χ3n) is 2.19. The summed E-state index contributed by atoms with van der Waals surface area (Å²) in [7, 11) is 1.76. The largest absolute Gasteiger partial charge is 0.336 e. The summed E-state index contributed by atoms with van der Waals surface area (Å²) in [6, 6.07) is 9.85. The van der Waals surface area contributed by atoms with Crippen LogP contribution >= 0.6 is 11.7 Å². The second-order valence-corrected chi connectivity index (χ2v) is 4.00. The summed E-state index contributed by atoms with van der Waals surface area (Å²) in [5, 5.41) is 0. The number of amides is 1. The highest BCUT2D eigenvalue weighted by Crippen LogP contribution is 2.06. The van der Waals surface area contributed by atoms with E-state index in [9.17, 15) is 4.79 Å². The first-order valence-electron chi connectivity index (χ1n) is 4.84. The molecule has 5 heteroatoms. The van der Waals surface area contributed by atoms with Crippen LogP contribution in [-0.2, 0) is 6.54 Å². The molecule has 0 spiro atoms. The van der Waals surface area contributed by atoms with Crippen molar-refractivity contribution in [3.05, 3.63) is 47.8 Å². The van der Waals surface area contributed by atoms with Gasteiger partial charge >= 0.3 is 0 Å². The van der Waals surface area contributed by atoms with Crippen molar-refractivity contribution in [1.82, 2.24) is 13.6 Å². The van der Waals surface area contributed by atoms with Gasteiger partial charge in [0, 0.05) is 13.6 Å². The van der Waals surface area contributed by atoms with Crippen molar-refractivity contribution in [3.63, 3.8) is 0 Å². The minimum atomic E-state index is -0.0994. The quantitative estimate of drug-likeness (QED) is 0.812. The molecule has 0 saturated heterocycles. The Balaban J connectivity index is 2.04. The highest BCUT2D eigenvalue weighted by Gasteiger charge is 2.14. The maximum Gasteiger partial charge on any atom is 0.275 e. The van der Waals surface area contributed by atoms with Gasteiger partial charge in [-0.05, 0) is 5.56 Å². The number of rotatable bonds is 3. The van der Waals surface area contributed by atoms with Gasteiger partial charge in [0.2, 0.25) is 0 Å². The molecule has 82 valence electrons. The van der Waals surface area contributed by atoms with E-state index >= 15 is 0 Å². The zero-order valence-electron chi connectivity index (χ0n) is 8.83. The fourth-order valence-corrected chi connectivity index (χ4v) is 1.79. The molecule has 4 nitrogen and oxygen atoms in total. The number of hydrogen-bond donors (Lipinski definition) is 0. The normalized spacial score (nSPS) is 10.1. The lowest BCUT2D eigenvalue weighted by atomic mass is 10.2.